The van der Waals surface area contributed by atoms with Crippen molar-refractivity contribution in [2.24, 2.45) is 0 Å². The monoisotopic (exact) mass is 594 g/mol. The summed E-state index contributed by atoms with van der Waals surface area (Å²) in [6.07, 6.45) is 0. The fourth-order valence-corrected chi connectivity index (χ4v) is 4.66. The van der Waals surface area contributed by atoms with Gasteiger partial charge in [-0.3, -0.25) is 9.59 Å². The molecule has 3 nitrogen and oxygen atoms in total. The summed E-state index contributed by atoms with van der Waals surface area (Å²) in [6, 6.07) is 28.1. The van der Waals surface area contributed by atoms with Crippen molar-refractivity contribution in [2.45, 2.75) is 13.8 Å². The molecule has 0 aliphatic rings. The van der Waals surface area contributed by atoms with E-state index in [1.807, 2.05) is 50.2 Å². The molecule has 0 saturated heterocycles. The van der Waals surface area contributed by atoms with Crippen molar-refractivity contribution in [1.82, 2.24) is 0 Å². The second-order valence-electron chi connectivity index (χ2n) is 8.71. The van der Waals surface area contributed by atoms with E-state index in [0.29, 0.717) is 33.8 Å². The summed E-state index contributed by atoms with van der Waals surface area (Å²) >= 11 is 25.4. The Morgan fingerprint density at radius 1 is 0.513 bits per heavy atom. The third kappa shape index (κ3) is 6.63. The van der Waals surface area contributed by atoms with Gasteiger partial charge < -0.3 is 4.74 Å². The highest BCUT2D eigenvalue weighted by Gasteiger charge is 2.19. The van der Waals surface area contributed by atoms with Gasteiger partial charge in [0.2, 0.25) is 11.6 Å². The van der Waals surface area contributed by atoms with E-state index in [2.05, 4.69) is 0 Å². The van der Waals surface area contributed by atoms with Crippen LogP contribution in [0.5, 0.6) is 11.5 Å². The molecule has 0 fully saturated rings. The van der Waals surface area contributed by atoms with Crippen LogP contribution >= 0.6 is 46.4 Å². The largest absolute Gasteiger partial charge is 0.457 e. The van der Waals surface area contributed by atoms with Gasteiger partial charge in [-0.15, -0.1) is 0 Å². The highest BCUT2D eigenvalue weighted by atomic mass is 35.5. The van der Waals surface area contributed by atoms with Gasteiger partial charge in [0.15, 0.2) is 0 Å². The Morgan fingerprint density at radius 2 is 0.872 bits per heavy atom. The van der Waals surface area contributed by atoms with Gasteiger partial charge in [0.25, 0.3) is 0 Å². The molecule has 0 aliphatic heterocycles. The highest BCUT2D eigenvalue weighted by Crippen LogP contribution is 2.33. The molecule has 0 unspecified atom stereocenters. The number of hydrogen-bond acceptors (Lipinski definition) is 3. The van der Waals surface area contributed by atoms with Gasteiger partial charge >= 0.3 is 0 Å². The quantitative estimate of drug-likeness (QED) is 0.150. The van der Waals surface area contributed by atoms with Crippen molar-refractivity contribution in [2.75, 3.05) is 0 Å². The lowest BCUT2D eigenvalue weighted by Gasteiger charge is -2.13. The molecule has 0 amide bonds. The molecule has 0 bridgehead atoms. The van der Waals surface area contributed by atoms with E-state index >= 15 is 0 Å². The summed E-state index contributed by atoms with van der Waals surface area (Å²) in [4.78, 5) is 25.9. The normalized spacial score (nSPS) is 12.4. The first-order valence-electron chi connectivity index (χ1n) is 11.9. The minimum Gasteiger partial charge on any atom is -0.457 e. The Balaban J connectivity index is 1.53. The second-order valence-corrected chi connectivity index (χ2v) is 10.2. The SMILES string of the molecule is Cc1cc(C(=O)/C(Cl)=C(\Cl)c2ccccc2)ccc1Oc1ccc(C(=O)/C(Cl)=C(\Cl)c2ccccc2)cc1C. The van der Waals surface area contributed by atoms with E-state index < -0.39 is 11.6 Å². The maximum atomic E-state index is 13.0. The molecule has 0 aliphatic carbocycles. The molecule has 4 aromatic rings. The number of carbonyl (C=O) groups excluding carboxylic acids is 2. The molecule has 196 valence electrons. The summed E-state index contributed by atoms with van der Waals surface area (Å²) in [5, 5.41) is 0.246. The van der Waals surface area contributed by atoms with Crippen molar-refractivity contribution in [3.8, 4) is 11.5 Å². The Kier molecular flexibility index (Phi) is 9.32. The first kappa shape index (κ1) is 28.7. The van der Waals surface area contributed by atoms with Crippen LogP contribution in [0.25, 0.3) is 10.1 Å². The topological polar surface area (TPSA) is 43.4 Å². The molecule has 0 N–H and O–H groups in total. The maximum Gasteiger partial charge on any atom is 0.205 e. The van der Waals surface area contributed by atoms with Crippen LogP contribution in [0.2, 0.25) is 0 Å². The van der Waals surface area contributed by atoms with Crippen LogP contribution < -0.4 is 4.74 Å². The molecule has 39 heavy (non-hydrogen) atoms. The van der Waals surface area contributed by atoms with Crippen molar-refractivity contribution in [1.29, 1.82) is 0 Å². The second kappa shape index (κ2) is 12.7. The predicted molar refractivity (Wildman–Crippen MR) is 161 cm³/mol. The molecule has 0 radical (unpaired) electrons. The maximum absolute atomic E-state index is 13.0. The lowest BCUT2D eigenvalue weighted by Crippen LogP contribution is -2.03. The zero-order valence-electron chi connectivity index (χ0n) is 21.0. The summed E-state index contributed by atoms with van der Waals surface area (Å²) in [5.41, 5.74) is 3.53. The zero-order chi connectivity index (χ0) is 28.1. The molecule has 7 heteroatoms. The lowest BCUT2D eigenvalue weighted by atomic mass is 10.0. The minimum absolute atomic E-state index is 0.0629. The van der Waals surface area contributed by atoms with Crippen LogP contribution in [-0.2, 0) is 0 Å². The van der Waals surface area contributed by atoms with Gasteiger partial charge in [-0.05, 0) is 72.5 Å². The molecule has 0 aromatic heterocycles. The Bertz CT molecular complexity index is 1490. The number of aryl methyl sites for hydroxylation is 2. The van der Waals surface area contributed by atoms with E-state index in [0.717, 1.165) is 11.1 Å². The molecule has 4 aromatic carbocycles. The fourth-order valence-electron chi connectivity index (χ4n) is 3.80. The van der Waals surface area contributed by atoms with Gasteiger partial charge in [-0.1, -0.05) is 107 Å². The van der Waals surface area contributed by atoms with Gasteiger partial charge in [-0.25, -0.2) is 0 Å². The fraction of sp³-hybridized carbons (Fsp3) is 0.0625. The molecule has 0 heterocycles. The number of ketones is 2. The first-order valence-corrected chi connectivity index (χ1v) is 13.4. The Labute approximate surface area is 247 Å². The summed E-state index contributed by atoms with van der Waals surface area (Å²) in [6.45, 7) is 3.65. The third-order valence-corrected chi connectivity index (χ3v) is 7.66. The van der Waals surface area contributed by atoms with E-state index in [-0.39, 0.29) is 20.1 Å². The predicted octanol–water partition coefficient (Wildman–Crippen LogP) is 10.2. The van der Waals surface area contributed by atoms with Crippen molar-refractivity contribution in [3.63, 3.8) is 0 Å². The van der Waals surface area contributed by atoms with Crippen LogP contribution in [0.1, 0.15) is 43.0 Å². The number of ether oxygens (including phenoxy) is 1. The van der Waals surface area contributed by atoms with Crippen molar-refractivity contribution in [3.05, 3.63) is 141 Å². The van der Waals surface area contributed by atoms with Crippen molar-refractivity contribution < 1.29 is 14.3 Å². The lowest BCUT2D eigenvalue weighted by molar-refractivity contribution is 0.103. The van der Waals surface area contributed by atoms with Gasteiger partial charge in [0.1, 0.15) is 21.6 Å². The van der Waals surface area contributed by atoms with E-state index in [9.17, 15) is 9.59 Å². The zero-order valence-corrected chi connectivity index (χ0v) is 24.0. The Morgan fingerprint density at radius 3 is 1.21 bits per heavy atom. The number of halogens is 4. The van der Waals surface area contributed by atoms with Crippen LogP contribution in [0, 0.1) is 13.8 Å². The van der Waals surface area contributed by atoms with E-state index in [4.69, 9.17) is 51.1 Å². The van der Waals surface area contributed by atoms with E-state index in [1.165, 1.54) is 0 Å². The summed E-state index contributed by atoms with van der Waals surface area (Å²) in [5.74, 6) is 0.317. The van der Waals surface area contributed by atoms with Crippen LogP contribution in [0.15, 0.2) is 107 Å². The molecular formula is C32H22Cl4O3. The van der Waals surface area contributed by atoms with Gasteiger partial charge in [-0.2, -0.15) is 0 Å². The van der Waals surface area contributed by atoms with Crippen LogP contribution in [0.4, 0.5) is 0 Å². The van der Waals surface area contributed by atoms with Gasteiger partial charge in [0, 0.05) is 11.1 Å². The highest BCUT2D eigenvalue weighted by molar-refractivity contribution is 6.61. The molecule has 0 spiro atoms. The minimum atomic E-state index is -0.390. The Hall–Kier alpha value is -3.34. The standard InChI is InChI=1S/C32H22Cl4O3/c1-19-17-23(31(37)29(35)27(33)21-9-5-3-6-10-21)13-15-25(19)39-26-16-14-24(18-20(26)2)32(38)30(36)28(34)22-11-7-4-8-12-22/h3-18H,1-2H3/b29-27+,30-28+. The number of Topliss-reactive ketones (excluding diaryl/α,β-unsaturated/α-hetero) is 2. The number of hydrogen-bond donors (Lipinski definition) is 0. The van der Waals surface area contributed by atoms with Crippen LogP contribution in [-0.4, -0.2) is 11.6 Å². The number of benzene rings is 4. The van der Waals surface area contributed by atoms with E-state index in [1.54, 1.807) is 60.7 Å². The number of carbonyl (C=O) groups is 2. The molecule has 0 saturated carbocycles. The molecule has 0 atom stereocenters. The summed E-state index contributed by atoms with van der Waals surface area (Å²) in [7, 11) is 0. The third-order valence-electron chi connectivity index (χ3n) is 5.93. The molecular weight excluding hydrogens is 574 g/mol. The average Bonchev–Trinajstić information content (AvgIpc) is 2.97. The van der Waals surface area contributed by atoms with Crippen molar-refractivity contribution >= 4 is 68.0 Å². The van der Waals surface area contributed by atoms with Gasteiger partial charge in [0.05, 0.1) is 10.1 Å². The summed E-state index contributed by atoms with van der Waals surface area (Å²) < 4.78 is 6.10. The van der Waals surface area contributed by atoms with Crippen LogP contribution in [0.3, 0.4) is 0 Å². The average molecular weight is 596 g/mol. The number of allylic oxidation sites excluding steroid dienone is 2. The molecule has 4 rings (SSSR count). The number of rotatable bonds is 8. The first-order chi connectivity index (χ1) is 18.7. The smallest absolute Gasteiger partial charge is 0.205 e.